The van der Waals surface area contributed by atoms with Crippen molar-refractivity contribution in [3.05, 3.63) is 33.8 Å². The van der Waals surface area contributed by atoms with Crippen molar-refractivity contribution in [2.24, 2.45) is 17.6 Å². The van der Waals surface area contributed by atoms with Crippen molar-refractivity contribution in [1.29, 1.82) is 0 Å². The van der Waals surface area contributed by atoms with Crippen molar-refractivity contribution in [2.45, 2.75) is 25.3 Å². The zero-order valence-electron chi connectivity index (χ0n) is 11.0. The van der Waals surface area contributed by atoms with Crippen LogP contribution in [-0.4, -0.2) is 24.5 Å². The van der Waals surface area contributed by atoms with E-state index in [1.165, 1.54) is 19.3 Å². The molecule has 0 spiro atoms. The molecular formula is C15H20Cl2N2. The average Bonchev–Trinajstić information content (AvgIpc) is 2.96. The molecule has 1 saturated carbocycles. The molecule has 2 nitrogen and oxygen atoms in total. The first kappa shape index (κ1) is 13.7. The maximum Gasteiger partial charge on any atom is 0.0640 e. The lowest BCUT2D eigenvalue weighted by molar-refractivity contribution is 0.232. The molecule has 0 amide bonds. The van der Waals surface area contributed by atoms with Crippen LogP contribution in [0.15, 0.2) is 18.2 Å². The monoisotopic (exact) mass is 298 g/mol. The number of nitrogens with zero attached hydrogens (tertiary/aromatic N) is 1. The largest absolute Gasteiger partial charge is 0.329 e. The molecule has 3 unspecified atom stereocenters. The molecule has 2 N–H and O–H groups in total. The summed E-state index contributed by atoms with van der Waals surface area (Å²) in [6.07, 6.45) is 4.15. The van der Waals surface area contributed by atoms with Gasteiger partial charge in [-0.15, -0.1) is 0 Å². The first-order valence-electron chi connectivity index (χ1n) is 7.08. The second-order valence-corrected chi connectivity index (χ2v) is 6.58. The zero-order valence-corrected chi connectivity index (χ0v) is 12.5. The van der Waals surface area contributed by atoms with Gasteiger partial charge in [0.05, 0.1) is 10.0 Å². The SMILES string of the molecule is NCC(c1cccc(Cl)c1Cl)N1CC2CCCC2C1. The summed E-state index contributed by atoms with van der Waals surface area (Å²) in [5.41, 5.74) is 7.09. The van der Waals surface area contributed by atoms with E-state index in [-0.39, 0.29) is 6.04 Å². The Hall–Kier alpha value is -0.280. The third-order valence-electron chi connectivity index (χ3n) is 4.76. The molecule has 1 aliphatic carbocycles. The molecule has 2 aliphatic rings. The molecule has 1 aliphatic heterocycles. The maximum atomic E-state index is 6.35. The van der Waals surface area contributed by atoms with Gasteiger partial charge in [-0.2, -0.15) is 0 Å². The number of rotatable bonds is 3. The van der Waals surface area contributed by atoms with Gasteiger partial charge in [0.15, 0.2) is 0 Å². The Kier molecular flexibility index (Phi) is 4.04. The van der Waals surface area contributed by atoms with Crippen LogP contribution in [0.25, 0.3) is 0 Å². The predicted octanol–water partition coefficient (Wildman–Crippen LogP) is 3.73. The van der Waals surface area contributed by atoms with Crippen LogP contribution >= 0.6 is 23.2 Å². The fourth-order valence-electron chi connectivity index (χ4n) is 3.78. The van der Waals surface area contributed by atoms with Gasteiger partial charge in [-0.3, -0.25) is 4.90 Å². The third-order valence-corrected chi connectivity index (χ3v) is 5.59. The van der Waals surface area contributed by atoms with E-state index in [0.29, 0.717) is 16.6 Å². The van der Waals surface area contributed by atoms with E-state index < -0.39 is 0 Å². The van der Waals surface area contributed by atoms with Crippen LogP contribution in [0.4, 0.5) is 0 Å². The van der Waals surface area contributed by atoms with Crippen molar-refractivity contribution in [3.63, 3.8) is 0 Å². The molecule has 104 valence electrons. The molecule has 3 atom stereocenters. The summed E-state index contributed by atoms with van der Waals surface area (Å²) in [7, 11) is 0. The molecule has 4 heteroatoms. The fraction of sp³-hybridized carbons (Fsp3) is 0.600. The van der Waals surface area contributed by atoms with Crippen molar-refractivity contribution < 1.29 is 0 Å². The normalized spacial score (nSPS) is 28.6. The lowest BCUT2D eigenvalue weighted by Crippen LogP contribution is -2.33. The van der Waals surface area contributed by atoms with Gasteiger partial charge in [-0.25, -0.2) is 0 Å². The number of hydrogen-bond donors (Lipinski definition) is 1. The minimum absolute atomic E-state index is 0.205. The van der Waals surface area contributed by atoms with Gasteiger partial charge in [-0.1, -0.05) is 41.8 Å². The van der Waals surface area contributed by atoms with Gasteiger partial charge >= 0.3 is 0 Å². The van der Waals surface area contributed by atoms with Crippen LogP contribution in [0.2, 0.25) is 10.0 Å². The van der Waals surface area contributed by atoms with Gasteiger partial charge < -0.3 is 5.73 Å². The molecule has 1 heterocycles. The van der Waals surface area contributed by atoms with E-state index in [2.05, 4.69) is 11.0 Å². The molecular weight excluding hydrogens is 279 g/mol. The molecule has 2 fully saturated rings. The van der Waals surface area contributed by atoms with Gasteiger partial charge in [0.1, 0.15) is 0 Å². The van der Waals surface area contributed by atoms with Crippen LogP contribution < -0.4 is 5.73 Å². The van der Waals surface area contributed by atoms with E-state index in [1.54, 1.807) is 0 Å². The van der Waals surface area contributed by atoms with E-state index in [1.807, 2.05) is 12.1 Å². The Bertz CT molecular complexity index is 451. The molecule has 0 bridgehead atoms. The molecule has 19 heavy (non-hydrogen) atoms. The minimum Gasteiger partial charge on any atom is -0.329 e. The minimum atomic E-state index is 0.205. The third kappa shape index (κ3) is 2.52. The highest BCUT2D eigenvalue weighted by Gasteiger charge is 2.39. The second-order valence-electron chi connectivity index (χ2n) is 5.80. The van der Waals surface area contributed by atoms with Gasteiger partial charge in [-0.05, 0) is 36.3 Å². The number of fused-ring (bicyclic) bond motifs is 1. The Balaban J connectivity index is 1.83. The van der Waals surface area contributed by atoms with Crippen molar-refractivity contribution in [1.82, 2.24) is 4.90 Å². The topological polar surface area (TPSA) is 29.3 Å². The molecule has 1 aromatic rings. The summed E-state index contributed by atoms with van der Waals surface area (Å²) in [6.45, 7) is 2.92. The average molecular weight is 299 g/mol. The van der Waals surface area contributed by atoms with Crippen molar-refractivity contribution >= 4 is 23.2 Å². The smallest absolute Gasteiger partial charge is 0.0640 e. The quantitative estimate of drug-likeness (QED) is 0.921. The molecule has 1 saturated heterocycles. The van der Waals surface area contributed by atoms with Crippen molar-refractivity contribution in [2.75, 3.05) is 19.6 Å². The van der Waals surface area contributed by atoms with Crippen LogP contribution in [0.5, 0.6) is 0 Å². The predicted molar refractivity (Wildman–Crippen MR) is 80.7 cm³/mol. The summed E-state index contributed by atoms with van der Waals surface area (Å²) in [5.74, 6) is 1.74. The van der Waals surface area contributed by atoms with Crippen LogP contribution in [0.1, 0.15) is 30.9 Å². The zero-order chi connectivity index (χ0) is 13.4. The lowest BCUT2D eigenvalue weighted by atomic mass is 10.0. The Labute approximate surface area is 124 Å². The molecule has 0 aromatic heterocycles. The summed E-state index contributed by atoms with van der Waals surface area (Å²) < 4.78 is 0. The number of halogens is 2. The molecule has 0 radical (unpaired) electrons. The lowest BCUT2D eigenvalue weighted by Gasteiger charge is -2.28. The standard InChI is InChI=1S/C15H20Cl2N2/c16-13-6-2-5-12(15(13)17)14(7-18)19-8-10-3-1-4-11(10)9-19/h2,5-6,10-11,14H,1,3-4,7-9,18H2. The number of nitrogens with two attached hydrogens (primary N) is 1. The Morgan fingerprint density at radius 1 is 1.21 bits per heavy atom. The van der Waals surface area contributed by atoms with E-state index >= 15 is 0 Å². The molecule has 1 aromatic carbocycles. The molecule has 3 rings (SSSR count). The van der Waals surface area contributed by atoms with E-state index in [4.69, 9.17) is 28.9 Å². The number of hydrogen-bond acceptors (Lipinski definition) is 2. The fourth-order valence-corrected chi connectivity index (χ4v) is 4.21. The summed E-state index contributed by atoms with van der Waals surface area (Å²) in [5, 5.41) is 1.29. The van der Waals surface area contributed by atoms with Crippen molar-refractivity contribution in [3.8, 4) is 0 Å². The maximum absolute atomic E-state index is 6.35. The number of likely N-dealkylation sites (tertiary alicyclic amines) is 1. The van der Waals surface area contributed by atoms with Gasteiger partial charge in [0.25, 0.3) is 0 Å². The highest BCUT2D eigenvalue weighted by Crippen LogP contribution is 2.42. The van der Waals surface area contributed by atoms with E-state index in [0.717, 1.165) is 30.5 Å². The first-order valence-corrected chi connectivity index (χ1v) is 7.84. The van der Waals surface area contributed by atoms with Gasteiger partial charge in [0, 0.05) is 25.7 Å². The Morgan fingerprint density at radius 2 is 1.89 bits per heavy atom. The van der Waals surface area contributed by atoms with E-state index in [9.17, 15) is 0 Å². The van der Waals surface area contributed by atoms with Crippen LogP contribution in [-0.2, 0) is 0 Å². The van der Waals surface area contributed by atoms with Gasteiger partial charge in [0.2, 0.25) is 0 Å². The Morgan fingerprint density at radius 3 is 2.53 bits per heavy atom. The number of benzene rings is 1. The highest BCUT2D eigenvalue weighted by molar-refractivity contribution is 6.42. The van der Waals surface area contributed by atoms with Crippen LogP contribution in [0, 0.1) is 11.8 Å². The second kappa shape index (κ2) is 5.61. The summed E-state index contributed by atoms with van der Waals surface area (Å²) >= 11 is 12.5. The van der Waals surface area contributed by atoms with Crippen LogP contribution in [0.3, 0.4) is 0 Å². The first-order chi connectivity index (χ1) is 9.20. The summed E-state index contributed by atoms with van der Waals surface area (Å²) in [6, 6.07) is 6.06. The summed E-state index contributed by atoms with van der Waals surface area (Å²) in [4.78, 5) is 2.51. The highest BCUT2D eigenvalue weighted by atomic mass is 35.5.